The lowest BCUT2D eigenvalue weighted by molar-refractivity contribution is -0.117. The molecule has 0 radical (unpaired) electrons. The monoisotopic (exact) mass is 420 g/mol. The number of nitrogens with zero attached hydrogens (tertiary/aromatic N) is 1. The molecular weight excluding hydrogens is 400 g/mol. The van der Waals surface area contributed by atoms with Crippen molar-refractivity contribution in [3.05, 3.63) is 82.9 Å². The maximum absolute atomic E-state index is 12.8. The van der Waals surface area contributed by atoms with Gasteiger partial charge in [-0.1, -0.05) is 35.9 Å². The van der Waals surface area contributed by atoms with E-state index in [1.165, 1.54) is 5.56 Å². The number of hydrogen-bond acceptors (Lipinski definition) is 4. The third-order valence-corrected chi connectivity index (χ3v) is 5.52. The molecule has 1 atom stereocenters. The molecule has 1 aliphatic rings. The molecule has 1 heterocycles. The third-order valence-electron chi connectivity index (χ3n) is 5.22. The molecule has 3 aromatic rings. The molecule has 0 saturated carbocycles. The molecule has 6 heteroatoms. The molecular formula is C24H21ClN2O3. The molecule has 0 fully saturated rings. The van der Waals surface area contributed by atoms with Crippen molar-refractivity contribution in [1.82, 2.24) is 0 Å². The number of carbonyl (C=O) groups is 2. The number of carbonyl (C=O) groups excluding carboxylic acids is 2. The number of anilines is 2. The average molecular weight is 421 g/mol. The zero-order valence-corrected chi connectivity index (χ0v) is 17.2. The number of benzene rings is 3. The molecule has 152 valence electrons. The average Bonchev–Trinajstić information content (AvgIpc) is 3.09. The summed E-state index contributed by atoms with van der Waals surface area (Å²) in [6.07, 6.45) is 1.84. The van der Waals surface area contributed by atoms with Gasteiger partial charge >= 0.3 is 0 Å². The predicted octanol–water partition coefficient (Wildman–Crippen LogP) is 4.87. The van der Waals surface area contributed by atoms with Crippen LogP contribution in [0.15, 0.2) is 66.7 Å². The second-order valence-electron chi connectivity index (χ2n) is 7.21. The second kappa shape index (κ2) is 8.59. The highest BCUT2D eigenvalue weighted by Crippen LogP contribution is 2.32. The van der Waals surface area contributed by atoms with Gasteiger partial charge in [0, 0.05) is 31.3 Å². The number of likely N-dealkylation sites (N-methyl/N-ethyl adjacent to an activating group) is 1. The molecule has 0 spiro atoms. The highest BCUT2D eigenvalue weighted by Gasteiger charge is 2.31. The van der Waals surface area contributed by atoms with E-state index in [1.54, 1.807) is 42.5 Å². The summed E-state index contributed by atoms with van der Waals surface area (Å²) >= 11 is 6.24. The third kappa shape index (κ3) is 4.16. The Morgan fingerprint density at radius 3 is 2.63 bits per heavy atom. The zero-order valence-electron chi connectivity index (χ0n) is 16.5. The van der Waals surface area contributed by atoms with Crippen molar-refractivity contribution in [2.45, 2.75) is 18.9 Å². The fourth-order valence-corrected chi connectivity index (χ4v) is 3.86. The summed E-state index contributed by atoms with van der Waals surface area (Å²) in [5, 5.41) is 3.42. The van der Waals surface area contributed by atoms with E-state index < -0.39 is 0 Å². The molecule has 4 rings (SSSR count). The molecule has 1 amide bonds. The fourth-order valence-electron chi connectivity index (χ4n) is 3.62. The Hall–Kier alpha value is -3.31. The number of para-hydroxylation sites is 1. The number of rotatable bonds is 6. The second-order valence-corrected chi connectivity index (χ2v) is 7.62. The van der Waals surface area contributed by atoms with Crippen LogP contribution in [0.3, 0.4) is 0 Å². The van der Waals surface area contributed by atoms with Crippen LogP contribution in [-0.2, 0) is 22.4 Å². The topological polar surface area (TPSA) is 58.6 Å². The van der Waals surface area contributed by atoms with Crippen LogP contribution in [0.4, 0.5) is 11.4 Å². The van der Waals surface area contributed by atoms with Gasteiger partial charge in [-0.2, -0.15) is 0 Å². The Balaban J connectivity index is 1.40. The minimum absolute atomic E-state index is 0.0452. The smallest absolute Gasteiger partial charge is 0.247 e. The van der Waals surface area contributed by atoms with Crippen LogP contribution in [0.2, 0.25) is 5.02 Å². The Kier molecular flexibility index (Phi) is 5.72. The van der Waals surface area contributed by atoms with Crippen LogP contribution in [0, 0.1) is 0 Å². The summed E-state index contributed by atoms with van der Waals surface area (Å²) in [7, 11) is 1.94. The first-order chi connectivity index (χ1) is 14.5. The van der Waals surface area contributed by atoms with Crippen LogP contribution in [-0.4, -0.2) is 25.3 Å². The highest BCUT2D eigenvalue weighted by molar-refractivity contribution is 6.32. The largest absolute Gasteiger partial charge is 0.456 e. The Morgan fingerprint density at radius 2 is 1.93 bits per heavy atom. The lowest BCUT2D eigenvalue weighted by Crippen LogP contribution is -2.39. The molecule has 0 aliphatic carbocycles. The SMILES string of the molecule is CN1c2ccccc2CC1C(=O)Nc1ccc(Oc2ccc(CC=O)cc2Cl)cc1. The molecule has 30 heavy (non-hydrogen) atoms. The van der Waals surface area contributed by atoms with Crippen molar-refractivity contribution in [3.63, 3.8) is 0 Å². The van der Waals surface area contributed by atoms with Crippen LogP contribution in [0.25, 0.3) is 0 Å². The molecule has 0 saturated heterocycles. The number of aldehydes is 1. The van der Waals surface area contributed by atoms with E-state index in [4.69, 9.17) is 16.3 Å². The molecule has 0 aromatic heterocycles. The summed E-state index contributed by atoms with van der Waals surface area (Å²) in [6.45, 7) is 0. The Labute approximate surface area is 180 Å². The Morgan fingerprint density at radius 1 is 1.17 bits per heavy atom. The van der Waals surface area contributed by atoms with Crippen molar-refractivity contribution in [2.24, 2.45) is 0 Å². The number of amides is 1. The van der Waals surface area contributed by atoms with Gasteiger partial charge in [-0.05, 0) is 53.6 Å². The van der Waals surface area contributed by atoms with Crippen LogP contribution >= 0.6 is 11.6 Å². The molecule has 1 unspecified atom stereocenters. The van der Waals surface area contributed by atoms with E-state index in [-0.39, 0.29) is 11.9 Å². The van der Waals surface area contributed by atoms with Crippen molar-refractivity contribution >= 4 is 35.2 Å². The van der Waals surface area contributed by atoms with E-state index in [9.17, 15) is 9.59 Å². The first-order valence-electron chi connectivity index (χ1n) is 9.67. The lowest BCUT2D eigenvalue weighted by atomic mass is 10.1. The van der Waals surface area contributed by atoms with Gasteiger partial charge in [0.05, 0.1) is 5.02 Å². The molecule has 3 aromatic carbocycles. The maximum atomic E-state index is 12.8. The van der Waals surface area contributed by atoms with Gasteiger partial charge in [0.25, 0.3) is 0 Å². The Bertz CT molecular complexity index is 1080. The standard InChI is InChI=1S/C24H21ClN2O3/c1-27-21-5-3-2-4-17(21)15-22(27)24(29)26-18-7-9-19(10-8-18)30-23-11-6-16(12-13-28)14-20(23)25/h2-11,13-14,22H,12,15H2,1H3,(H,26,29). The number of hydrogen-bond donors (Lipinski definition) is 1. The number of ether oxygens (including phenoxy) is 1. The number of halogens is 1. The number of nitrogens with one attached hydrogen (secondary N) is 1. The normalized spacial score (nSPS) is 14.9. The summed E-state index contributed by atoms with van der Waals surface area (Å²) in [4.78, 5) is 25.4. The highest BCUT2D eigenvalue weighted by atomic mass is 35.5. The summed E-state index contributed by atoms with van der Waals surface area (Å²) in [6, 6.07) is 20.2. The van der Waals surface area contributed by atoms with Gasteiger partial charge in [0.15, 0.2) is 0 Å². The van der Waals surface area contributed by atoms with Crippen molar-refractivity contribution in [1.29, 1.82) is 0 Å². The van der Waals surface area contributed by atoms with Crippen LogP contribution < -0.4 is 15.0 Å². The molecule has 5 nitrogen and oxygen atoms in total. The van der Waals surface area contributed by atoms with E-state index in [0.29, 0.717) is 35.1 Å². The van der Waals surface area contributed by atoms with Gasteiger partial charge in [0.2, 0.25) is 5.91 Å². The van der Waals surface area contributed by atoms with Gasteiger partial charge in [-0.3, -0.25) is 4.79 Å². The van der Waals surface area contributed by atoms with E-state index in [1.807, 2.05) is 30.1 Å². The van der Waals surface area contributed by atoms with Crippen LogP contribution in [0.5, 0.6) is 11.5 Å². The minimum Gasteiger partial charge on any atom is -0.456 e. The van der Waals surface area contributed by atoms with Crippen molar-refractivity contribution in [3.8, 4) is 11.5 Å². The molecule has 1 N–H and O–H groups in total. The van der Waals surface area contributed by atoms with Gasteiger partial charge in [-0.25, -0.2) is 0 Å². The summed E-state index contributed by atoms with van der Waals surface area (Å²) in [5.74, 6) is 1.06. The van der Waals surface area contributed by atoms with Gasteiger partial charge in [-0.15, -0.1) is 0 Å². The van der Waals surface area contributed by atoms with Crippen molar-refractivity contribution in [2.75, 3.05) is 17.3 Å². The minimum atomic E-state index is -0.234. The van der Waals surface area contributed by atoms with E-state index in [2.05, 4.69) is 11.4 Å². The van der Waals surface area contributed by atoms with E-state index >= 15 is 0 Å². The summed E-state index contributed by atoms with van der Waals surface area (Å²) in [5.41, 5.74) is 3.81. The number of fused-ring (bicyclic) bond motifs is 1. The molecule has 1 aliphatic heterocycles. The fraction of sp³-hybridized carbons (Fsp3) is 0.167. The van der Waals surface area contributed by atoms with E-state index in [0.717, 1.165) is 17.5 Å². The predicted molar refractivity (Wildman–Crippen MR) is 119 cm³/mol. The van der Waals surface area contributed by atoms with Gasteiger partial charge in [0.1, 0.15) is 23.8 Å². The quantitative estimate of drug-likeness (QED) is 0.578. The van der Waals surface area contributed by atoms with Crippen LogP contribution in [0.1, 0.15) is 11.1 Å². The van der Waals surface area contributed by atoms with Gasteiger partial charge < -0.3 is 19.7 Å². The molecule has 0 bridgehead atoms. The summed E-state index contributed by atoms with van der Waals surface area (Å²) < 4.78 is 5.82. The first-order valence-corrected chi connectivity index (χ1v) is 10.0. The maximum Gasteiger partial charge on any atom is 0.247 e. The lowest BCUT2D eigenvalue weighted by Gasteiger charge is -2.21. The zero-order chi connectivity index (χ0) is 21.1. The first kappa shape index (κ1) is 20.0. The van der Waals surface area contributed by atoms with Crippen molar-refractivity contribution < 1.29 is 14.3 Å².